The Morgan fingerprint density at radius 1 is 1.89 bits per heavy atom. The molecule has 50 valence electrons. The van der Waals surface area contributed by atoms with E-state index < -0.39 is 17.4 Å². The normalized spacial score (nSPS) is 11.2. The monoisotopic (exact) mass is 164 g/mol. The minimum Gasteiger partial charge on any atom is -1.00 e. The van der Waals surface area contributed by atoms with Crippen molar-refractivity contribution in [3.8, 4) is 0 Å². The number of rotatable bonds is 2. The molecule has 1 atom stereocenters. The topological polar surface area (TPSA) is 102 Å². The van der Waals surface area contributed by atoms with Gasteiger partial charge in [0.2, 0.25) is 0 Å². The molecule has 0 aliphatic heterocycles. The summed E-state index contributed by atoms with van der Waals surface area (Å²) in [6, 6.07) is -1.02. The zero-order valence-corrected chi connectivity index (χ0v) is 7.47. The van der Waals surface area contributed by atoms with E-state index in [1.165, 1.54) is 5.48 Å². The second-order valence-electron chi connectivity index (χ2n) is 0.767. The van der Waals surface area contributed by atoms with E-state index in [-0.39, 0.29) is 31.0 Å². The molecule has 0 aromatic heterocycles. The number of urea groups is 1. The summed E-state index contributed by atoms with van der Waals surface area (Å²) in [5.74, 6) is 0. The molecule has 0 saturated carbocycles. The van der Waals surface area contributed by atoms with Crippen molar-refractivity contribution in [3.63, 3.8) is 0 Å². The Bertz CT molecular complexity index is 108. The molecule has 0 bridgehead atoms. The van der Waals surface area contributed by atoms with Gasteiger partial charge in [-0.05, 0) is 0 Å². The molecule has 0 aromatic carbocycles. The first-order valence-corrected chi connectivity index (χ1v) is 2.49. The van der Waals surface area contributed by atoms with Crippen molar-refractivity contribution in [1.29, 1.82) is 0 Å². The van der Waals surface area contributed by atoms with Crippen LogP contribution in [0.5, 0.6) is 0 Å². The Kier molecular flexibility index (Phi) is 8.66. The van der Waals surface area contributed by atoms with E-state index in [1.807, 2.05) is 0 Å². The Morgan fingerprint density at radius 2 is 2.33 bits per heavy atom. The summed E-state index contributed by atoms with van der Waals surface area (Å²) >= 11 is -2.50. The second kappa shape index (κ2) is 6.46. The molecule has 0 radical (unpaired) electrons. The predicted molar refractivity (Wildman–Crippen MR) is 25.7 cm³/mol. The van der Waals surface area contributed by atoms with Gasteiger partial charge in [-0.25, -0.2) is 4.79 Å². The molecule has 6 nitrogen and oxygen atoms in total. The molecule has 0 aliphatic rings. The number of hydrogen-bond acceptors (Lipinski definition) is 3. The van der Waals surface area contributed by atoms with Crippen LogP contribution in [0.25, 0.3) is 0 Å². The molecular weight excluding hydrogens is 159 g/mol. The van der Waals surface area contributed by atoms with E-state index in [4.69, 9.17) is 4.55 Å². The molecular formula is CH5N2NaO4S. The Balaban J connectivity index is -0.000000245. The van der Waals surface area contributed by atoms with Gasteiger partial charge in [0.25, 0.3) is 0 Å². The van der Waals surface area contributed by atoms with E-state index in [1.54, 1.807) is 0 Å². The Labute approximate surface area is 77.3 Å². The Hall–Kier alpha value is 0.340. The fourth-order valence-electron chi connectivity index (χ4n) is 0.0767. The number of nitrogens with two attached hydrogens (primary N) is 1. The van der Waals surface area contributed by atoms with Gasteiger partial charge >= 0.3 is 46.9 Å². The smallest absolute Gasteiger partial charge is 1.00 e. The van der Waals surface area contributed by atoms with Crippen LogP contribution >= 0.6 is 0 Å². The summed E-state index contributed by atoms with van der Waals surface area (Å²) in [5, 5.41) is 0. The molecule has 0 heterocycles. The van der Waals surface area contributed by atoms with Gasteiger partial charge in [0.15, 0.2) is 0 Å². The molecule has 0 fully saturated rings. The first-order chi connectivity index (χ1) is 3.63. The number of carbonyl (C=O) groups excluding carboxylic acids is 1. The van der Waals surface area contributed by atoms with E-state index in [0.717, 1.165) is 0 Å². The molecule has 0 spiro atoms. The molecule has 2 amide bonds. The third-order valence-electron chi connectivity index (χ3n) is 0.214. The van der Waals surface area contributed by atoms with Crippen LogP contribution in [0.15, 0.2) is 0 Å². The van der Waals surface area contributed by atoms with Crippen LogP contribution < -0.4 is 40.8 Å². The van der Waals surface area contributed by atoms with Crippen LogP contribution in [-0.2, 0) is 15.6 Å². The van der Waals surface area contributed by atoms with Crippen LogP contribution in [0.2, 0.25) is 0 Å². The molecule has 0 aromatic rings. The third-order valence-corrected chi connectivity index (χ3v) is 0.439. The summed E-state index contributed by atoms with van der Waals surface area (Å²) < 4.78 is 20.9. The van der Waals surface area contributed by atoms with Gasteiger partial charge in [-0.3, -0.25) is 4.55 Å². The van der Waals surface area contributed by atoms with Crippen molar-refractivity contribution < 1.29 is 48.8 Å². The van der Waals surface area contributed by atoms with E-state index in [0.29, 0.717) is 0 Å². The van der Waals surface area contributed by atoms with Crippen LogP contribution in [0.4, 0.5) is 4.79 Å². The maximum atomic E-state index is 9.64. The average molecular weight is 164 g/mol. The van der Waals surface area contributed by atoms with E-state index in [9.17, 15) is 9.00 Å². The van der Waals surface area contributed by atoms with E-state index in [2.05, 4.69) is 10.0 Å². The van der Waals surface area contributed by atoms with Crippen LogP contribution in [0, 0.1) is 0 Å². The average Bonchev–Trinajstić information content (AvgIpc) is 1.61. The number of hydroxylamine groups is 1. The zero-order valence-electron chi connectivity index (χ0n) is 5.66. The number of hydrogen-bond donors (Lipinski definition) is 3. The van der Waals surface area contributed by atoms with Crippen molar-refractivity contribution in [2.75, 3.05) is 0 Å². The summed E-state index contributed by atoms with van der Waals surface area (Å²) in [4.78, 5) is 9.64. The molecule has 0 saturated heterocycles. The maximum absolute atomic E-state index is 9.64. The molecule has 0 aliphatic carbocycles. The second-order valence-corrected chi connectivity index (χ2v) is 1.37. The maximum Gasteiger partial charge on any atom is 1.00 e. The first-order valence-electron chi connectivity index (χ1n) is 1.46. The number of amides is 2. The quantitative estimate of drug-likeness (QED) is 0.219. The van der Waals surface area contributed by atoms with Crippen molar-refractivity contribution in [3.05, 3.63) is 0 Å². The zero-order chi connectivity index (χ0) is 6.57. The molecule has 4 N–H and O–H groups in total. The van der Waals surface area contributed by atoms with Gasteiger partial charge in [0.05, 0.1) is 0 Å². The van der Waals surface area contributed by atoms with Crippen LogP contribution in [-0.4, -0.2) is 14.8 Å². The van der Waals surface area contributed by atoms with Gasteiger partial charge in [0, 0.05) is 0 Å². The summed E-state index contributed by atoms with van der Waals surface area (Å²) in [7, 11) is 0. The van der Waals surface area contributed by atoms with Crippen molar-refractivity contribution >= 4 is 17.4 Å². The number of nitrogens with one attached hydrogen (secondary N) is 1. The van der Waals surface area contributed by atoms with Crippen LogP contribution in [0.3, 0.4) is 0 Å². The van der Waals surface area contributed by atoms with Crippen molar-refractivity contribution in [2.45, 2.75) is 0 Å². The van der Waals surface area contributed by atoms with Crippen LogP contribution in [0.1, 0.15) is 1.43 Å². The van der Waals surface area contributed by atoms with Gasteiger partial charge < -0.3 is 7.16 Å². The number of primary amides is 1. The summed E-state index contributed by atoms with van der Waals surface area (Å²) in [5.41, 5.74) is 5.85. The summed E-state index contributed by atoms with van der Waals surface area (Å²) in [6.45, 7) is 0. The minimum atomic E-state index is -2.50. The van der Waals surface area contributed by atoms with E-state index >= 15 is 0 Å². The summed E-state index contributed by atoms with van der Waals surface area (Å²) in [6.07, 6.45) is 0. The molecule has 8 heteroatoms. The SMILES string of the molecule is NC(=O)NOS(=O)O.[H-].[Na+]. The first kappa shape index (κ1) is 12.1. The fourth-order valence-corrected chi connectivity index (χ4v) is 0.230. The largest absolute Gasteiger partial charge is 1.00 e. The minimum absolute atomic E-state index is 0. The molecule has 0 rings (SSSR count). The predicted octanol–water partition coefficient (Wildman–Crippen LogP) is -4.16. The van der Waals surface area contributed by atoms with Crippen molar-refractivity contribution in [1.82, 2.24) is 5.48 Å². The van der Waals surface area contributed by atoms with Gasteiger partial charge in [0.1, 0.15) is 0 Å². The Morgan fingerprint density at radius 3 is 2.44 bits per heavy atom. The number of carbonyl (C=O) groups is 1. The third kappa shape index (κ3) is 11.8. The van der Waals surface area contributed by atoms with Gasteiger partial charge in [-0.1, -0.05) is 0 Å². The molecule has 1 unspecified atom stereocenters. The standard InChI is InChI=1S/CH4N2O4S.Na.H/c2-1(4)3-7-8(5)6;;/h(H,5,6)(H3,2,3,4);;/q;+1;-1. The van der Waals surface area contributed by atoms with Gasteiger partial charge in [-0.15, -0.1) is 4.28 Å². The van der Waals surface area contributed by atoms with Gasteiger partial charge in [-0.2, -0.15) is 9.69 Å². The fraction of sp³-hybridized carbons (Fsp3) is 0. The molecule has 9 heavy (non-hydrogen) atoms. The van der Waals surface area contributed by atoms with Crippen molar-refractivity contribution in [2.24, 2.45) is 5.73 Å².